The standard InChI is InChI=1S/C9H18F4NO2.HI/c1-14(2,3)4-7(15)5-16-6-9(12,13)8(10)11;/h7-8,15H,4-6H2,1-3H3;1H/q+1;/p-1. The first-order valence-corrected chi connectivity index (χ1v) is 4.77. The maximum Gasteiger partial charge on any atom is 0.330 e. The third kappa shape index (κ3) is 9.98. The van der Waals surface area contributed by atoms with Gasteiger partial charge < -0.3 is 38.3 Å². The Morgan fingerprint density at radius 3 is 2.06 bits per heavy atom. The van der Waals surface area contributed by atoms with Crippen molar-refractivity contribution in [1.29, 1.82) is 0 Å². The number of halogens is 5. The minimum Gasteiger partial charge on any atom is -1.00 e. The summed E-state index contributed by atoms with van der Waals surface area (Å²) in [5, 5.41) is 9.35. The molecule has 1 unspecified atom stereocenters. The molecule has 1 N–H and O–H groups in total. The quantitative estimate of drug-likeness (QED) is 0.316. The molecule has 0 spiro atoms. The normalized spacial score (nSPS) is 14.6. The molecule has 0 bridgehead atoms. The molecular weight excluding hydrogens is 357 g/mol. The molecule has 0 aromatic rings. The lowest BCUT2D eigenvalue weighted by atomic mass is 10.3. The summed E-state index contributed by atoms with van der Waals surface area (Å²) < 4.78 is 53.0. The van der Waals surface area contributed by atoms with Crippen LogP contribution < -0.4 is 24.0 Å². The van der Waals surface area contributed by atoms with E-state index in [1.54, 1.807) is 21.1 Å². The first-order chi connectivity index (χ1) is 7.04. The average molecular weight is 375 g/mol. The molecule has 0 aliphatic heterocycles. The third-order valence-electron chi connectivity index (χ3n) is 1.68. The number of likely N-dealkylation sites (N-methyl/N-ethyl adjacent to an activating group) is 1. The number of hydrogen-bond donors (Lipinski definition) is 1. The number of aliphatic hydroxyl groups excluding tert-OH is 1. The molecule has 0 aromatic carbocycles. The van der Waals surface area contributed by atoms with Crippen molar-refractivity contribution < 1.29 is 55.9 Å². The Morgan fingerprint density at radius 1 is 1.24 bits per heavy atom. The number of hydrogen-bond acceptors (Lipinski definition) is 2. The van der Waals surface area contributed by atoms with Crippen LogP contribution in [0.15, 0.2) is 0 Å². The van der Waals surface area contributed by atoms with Crippen LogP contribution in [-0.4, -0.2) is 68.9 Å². The largest absolute Gasteiger partial charge is 1.00 e. The zero-order valence-corrected chi connectivity index (χ0v) is 12.1. The van der Waals surface area contributed by atoms with Crippen molar-refractivity contribution in [3.8, 4) is 0 Å². The highest BCUT2D eigenvalue weighted by atomic mass is 127. The Hall–Kier alpha value is 0.330. The maximum atomic E-state index is 12.4. The minimum absolute atomic E-state index is 0. The lowest BCUT2D eigenvalue weighted by Crippen LogP contribution is -3.00. The van der Waals surface area contributed by atoms with Crippen LogP contribution in [-0.2, 0) is 4.74 Å². The van der Waals surface area contributed by atoms with Gasteiger partial charge in [-0.3, -0.25) is 0 Å². The minimum atomic E-state index is -4.16. The summed E-state index contributed by atoms with van der Waals surface area (Å²) >= 11 is 0. The van der Waals surface area contributed by atoms with Gasteiger partial charge in [0.2, 0.25) is 0 Å². The molecule has 1 atom stereocenters. The van der Waals surface area contributed by atoms with Crippen molar-refractivity contribution in [3.05, 3.63) is 0 Å². The van der Waals surface area contributed by atoms with E-state index >= 15 is 0 Å². The zero-order chi connectivity index (χ0) is 13.0. The fourth-order valence-corrected chi connectivity index (χ4v) is 1.08. The smallest absolute Gasteiger partial charge is 0.330 e. The second kappa shape index (κ2) is 7.70. The fraction of sp³-hybridized carbons (Fsp3) is 1.00. The Labute approximate surface area is 115 Å². The van der Waals surface area contributed by atoms with Crippen molar-refractivity contribution in [3.63, 3.8) is 0 Å². The van der Waals surface area contributed by atoms with Gasteiger partial charge in [0, 0.05) is 0 Å². The molecule has 0 heterocycles. The van der Waals surface area contributed by atoms with Gasteiger partial charge in [-0.05, 0) is 0 Å². The van der Waals surface area contributed by atoms with Crippen LogP contribution in [0.5, 0.6) is 0 Å². The van der Waals surface area contributed by atoms with Crippen molar-refractivity contribution in [1.82, 2.24) is 0 Å². The molecular formula is C9H18F4INO2. The van der Waals surface area contributed by atoms with Gasteiger partial charge in [0.25, 0.3) is 0 Å². The Bertz CT molecular complexity index is 212. The van der Waals surface area contributed by atoms with Crippen LogP contribution in [0.2, 0.25) is 0 Å². The topological polar surface area (TPSA) is 29.5 Å². The monoisotopic (exact) mass is 375 g/mol. The molecule has 0 radical (unpaired) electrons. The van der Waals surface area contributed by atoms with E-state index in [2.05, 4.69) is 4.74 Å². The lowest BCUT2D eigenvalue weighted by Gasteiger charge is -2.26. The molecule has 0 aromatic heterocycles. The second-order valence-electron chi connectivity index (χ2n) is 4.70. The van der Waals surface area contributed by atoms with Gasteiger partial charge in [0.1, 0.15) is 19.3 Å². The van der Waals surface area contributed by atoms with Gasteiger partial charge in [-0.25, -0.2) is 8.78 Å². The molecule has 0 amide bonds. The predicted molar refractivity (Wildman–Crippen MR) is 50.7 cm³/mol. The summed E-state index contributed by atoms with van der Waals surface area (Å²) in [5.74, 6) is -4.16. The van der Waals surface area contributed by atoms with E-state index in [4.69, 9.17) is 0 Å². The maximum absolute atomic E-state index is 12.4. The van der Waals surface area contributed by atoms with Crippen LogP contribution in [0.4, 0.5) is 17.6 Å². The van der Waals surface area contributed by atoms with E-state index in [1.807, 2.05) is 0 Å². The van der Waals surface area contributed by atoms with Gasteiger partial charge in [-0.2, -0.15) is 8.78 Å². The highest BCUT2D eigenvalue weighted by Gasteiger charge is 2.41. The highest BCUT2D eigenvalue weighted by Crippen LogP contribution is 2.22. The first-order valence-electron chi connectivity index (χ1n) is 4.77. The summed E-state index contributed by atoms with van der Waals surface area (Å²) in [6.07, 6.45) is -4.70. The number of aliphatic hydroxyl groups is 1. The number of ether oxygens (including phenoxy) is 1. The van der Waals surface area contributed by atoms with Crippen LogP contribution in [0, 0.1) is 0 Å². The molecule has 0 fully saturated rings. The first kappa shape index (κ1) is 19.7. The third-order valence-corrected chi connectivity index (χ3v) is 1.68. The molecule has 0 aliphatic carbocycles. The van der Waals surface area contributed by atoms with Crippen molar-refractivity contribution in [2.75, 3.05) is 40.9 Å². The molecule has 8 heteroatoms. The summed E-state index contributed by atoms with van der Waals surface area (Å²) in [4.78, 5) is 0. The van der Waals surface area contributed by atoms with Crippen LogP contribution in [0.1, 0.15) is 0 Å². The fourth-order valence-electron chi connectivity index (χ4n) is 1.08. The van der Waals surface area contributed by atoms with Crippen molar-refractivity contribution >= 4 is 0 Å². The van der Waals surface area contributed by atoms with E-state index in [0.29, 0.717) is 11.0 Å². The van der Waals surface area contributed by atoms with Gasteiger partial charge in [0.15, 0.2) is 0 Å². The molecule has 3 nitrogen and oxygen atoms in total. The summed E-state index contributed by atoms with van der Waals surface area (Å²) in [6.45, 7) is -1.46. The van der Waals surface area contributed by atoms with E-state index in [0.717, 1.165) is 0 Å². The second-order valence-corrected chi connectivity index (χ2v) is 4.70. The van der Waals surface area contributed by atoms with E-state index in [1.165, 1.54) is 0 Å². The highest BCUT2D eigenvalue weighted by molar-refractivity contribution is 4.68. The van der Waals surface area contributed by atoms with Crippen LogP contribution in [0.3, 0.4) is 0 Å². The van der Waals surface area contributed by atoms with E-state index < -0.39 is 25.1 Å². The summed E-state index contributed by atoms with van der Waals surface area (Å²) in [7, 11) is 5.41. The van der Waals surface area contributed by atoms with Crippen molar-refractivity contribution in [2.45, 2.75) is 18.5 Å². The Balaban J connectivity index is 0. The van der Waals surface area contributed by atoms with Gasteiger partial charge >= 0.3 is 12.3 Å². The SMILES string of the molecule is C[N+](C)(C)CC(O)COCC(F)(F)C(F)F.[I-]. The summed E-state index contributed by atoms with van der Waals surface area (Å²) in [5.41, 5.74) is 0. The summed E-state index contributed by atoms with van der Waals surface area (Å²) in [6, 6.07) is 0. The Morgan fingerprint density at radius 2 is 1.71 bits per heavy atom. The molecule has 0 aliphatic rings. The van der Waals surface area contributed by atoms with Gasteiger partial charge in [-0.15, -0.1) is 0 Å². The molecule has 0 rings (SSSR count). The number of rotatable bonds is 7. The lowest BCUT2D eigenvalue weighted by molar-refractivity contribution is -0.873. The number of nitrogens with zero attached hydrogens (tertiary/aromatic N) is 1. The van der Waals surface area contributed by atoms with Gasteiger partial charge in [-0.1, -0.05) is 0 Å². The number of alkyl halides is 4. The zero-order valence-electron chi connectivity index (χ0n) is 9.97. The molecule has 17 heavy (non-hydrogen) atoms. The van der Waals surface area contributed by atoms with Crippen molar-refractivity contribution in [2.24, 2.45) is 0 Å². The Kier molecular flexibility index (Phi) is 8.90. The molecule has 106 valence electrons. The van der Waals surface area contributed by atoms with E-state index in [-0.39, 0.29) is 30.6 Å². The van der Waals surface area contributed by atoms with Crippen LogP contribution in [0.25, 0.3) is 0 Å². The van der Waals surface area contributed by atoms with E-state index in [9.17, 15) is 22.7 Å². The predicted octanol–water partition coefficient (Wildman–Crippen LogP) is -2.03. The average Bonchev–Trinajstić information content (AvgIpc) is 1.99. The van der Waals surface area contributed by atoms with Crippen LogP contribution >= 0.6 is 0 Å². The molecule has 0 saturated carbocycles. The van der Waals surface area contributed by atoms with Gasteiger partial charge in [0.05, 0.1) is 27.7 Å². The molecule has 0 saturated heterocycles. The number of quaternary nitrogens is 1.